The summed E-state index contributed by atoms with van der Waals surface area (Å²) in [5, 5.41) is 29.4. The first kappa shape index (κ1) is 18.0. The summed E-state index contributed by atoms with van der Waals surface area (Å²) >= 11 is 0. The van der Waals surface area contributed by atoms with Crippen LogP contribution in [0.25, 0.3) is 11.4 Å². The highest BCUT2D eigenvalue weighted by atomic mass is 16.3. The van der Waals surface area contributed by atoms with E-state index in [1.807, 2.05) is 0 Å². The fraction of sp³-hybridized carbons (Fsp3) is 0.421. The van der Waals surface area contributed by atoms with E-state index in [0.717, 1.165) is 25.7 Å². The lowest BCUT2D eigenvalue weighted by atomic mass is 9.82. The summed E-state index contributed by atoms with van der Waals surface area (Å²) in [4.78, 5) is 11.0. The van der Waals surface area contributed by atoms with Gasteiger partial charge in [-0.1, -0.05) is 6.42 Å². The monoisotopic (exact) mass is 353 g/mol. The lowest BCUT2D eigenvalue weighted by Gasteiger charge is -2.33. The van der Waals surface area contributed by atoms with Gasteiger partial charge in [0.05, 0.1) is 11.3 Å². The zero-order valence-electron chi connectivity index (χ0n) is 15.0. The van der Waals surface area contributed by atoms with Crippen molar-refractivity contribution in [1.82, 2.24) is 14.9 Å². The third kappa shape index (κ3) is 3.41. The lowest BCUT2D eigenvalue weighted by Crippen LogP contribution is -2.33. The minimum atomic E-state index is -0.0485. The fourth-order valence-corrected chi connectivity index (χ4v) is 3.61. The molecule has 0 amide bonds. The van der Waals surface area contributed by atoms with E-state index in [4.69, 9.17) is 5.73 Å². The average Bonchev–Trinajstić information content (AvgIpc) is 2.63. The van der Waals surface area contributed by atoms with Crippen LogP contribution in [0.4, 0.5) is 5.82 Å². The summed E-state index contributed by atoms with van der Waals surface area (Å²) in [6.45, 7) is 0. The highest BCUT2D eigenvalue weighted by molar-refractivity contribution is 5.68. The second kappa shape index (κ2) is 7.18. The van der Waals surface area contributed by atoms with Crippen LogP contribution >= 0.6 is 0 Å². The molecule has 0 bridgehead atoms. The van der Waals surface area contributed by atoms with Gasteiger partial charge in [-0.25, -0.2) is 9.97 Å². The van der Waals surface area contributed by atoms with Crippen LogP contribution in [0.5, 0.6) is 11.5 Å². The summed E-state index contributed by atoms with van der Waals surface area (Å²) in [6.07, 6.45) is 3.99. The molecule has 1 aromatic carbocycles. The van der Waals surface area contributed by atoms with Crippen molar-refractivity contribution < 1.29 is 10.2 Å². The third-order valence-corrected chi connectivity index (χ3v) is 5.06. The first-order chi connectivity index (χ1) is 12.4. The highest BCUT2D eigenvalue weighted by Crippen LogP contribution is 2.38. The van der Waals surface area contributed by atoms with E-state index in [1.54, 1.807) is 0 Å². The van der Waals surface area contributed by atoms with Gasteiger partial charge in [0.2, 0.25) is 0 Å². The molecule has 0 radical (unpaired) electrons. The number of nitrogen functional groups attached to an aromatic ring is 1. The van der Waals surface area contributed by atoms with Crippen LogP contribution in [-0.4, -0.2) is 45.2 Å². The topological polar surface area (TPSA) is 119 Å². The molecule has 7 heteroatoms. The molecule has 0 aliphatic heterocycles. The van der Waals surface area contributed by atoms with Crippen LogP contribution in [0.2, 0.25) is 0 Å². The number of aromatic nitrogens is 2. The molecule has 7 nitrogen and oxygen atoms in total. The SMILES string of the molecule is CN(C)C1CCCC(c2nc(-c3cc(O)ccc3O)nc(N)c2C#N)C1. The Morgan fingerprint density at radius 1 is 1.23 bits per heavy atom. The number of anilines is 1. The summed E-state index contributed by atoms with van der Waals surface area (Å²) in [6, 6.07) is 6.72. The van der Waals surface area contributed by atoms with Gasteiger partial charge in [0.25, 0.3) is 0 Å². The zero-order valence-corrected chi connectivity index (χ0v) is 15.0. The fourth-order valence-electron chi connectivity index (χ4n) is 3.61. The molecule has 1 fully saturated rings. The molecule has 1 heterocycles. The highest BCUT2D eigenvalue weighted by Gasteiger charge is 2.29. The van der Waals surface area contributed by atoms with Crippen molar-refractivity contribution >= 4 is 5.82 Å². The molecular formula is C19H23N5O2. The van der Waals surface area contributed by atoms with Gasteiger partial charge < -0.3 is 20.8 Å². The van der Waals surface area contributed by atoms with Crippen molar-refractivity contribution in [3.05, 3.63) is 29.5 Å². The predicted molar refractivity (Wildman–Crippen MR) is 98.6 cm³/mol. The number of nitrogens with two attached hydrogens (primary N) is 1. The van der Waals surface area contributed by atoms with Crippen molar-refractivity contribution in [2.45, 2.75) is 37.6 Å². The van der Waals surface area contributed by atoms with Crippen LogP contribution in [0.15, 0.2) is 18.2 Å². The molecule has 0 spiro atoms. The minimum Gasteiger partial charge on any atom is -0.508 e. The molecule has 26 heavy (non-hydrogen) atoms. The normalized spacial score (nSPS) is 20.1. The standard InChI is InChI=1S/C19H23N5O2/c1-24(2)12-5-3-4-11(8-12)17-15(10-20)18(21)23-19(22-17)14-9-13(25)6-7-16(14)26/h6-7,9,11-12,25-26H,3-5,8H2,1-2H3,(H2,21,22,23). The Morgan fingerprint density at radius 3 is 2.69 bits per heavy atom. The van der Waals surface area contributed by atoms with Gasteiger partial charge in [-0.05, 0) is 51.6 Å². The maximum absolute atomic E-state index is 10.1. The number of hydrogen-bond acceptors (Lipinski definition) is 7. The smallest absolute Gasteiger partial charge is 0.165 e. The van der Waals surface area contributed by atoms with Gasteiger partial charge in [-0.3, -0.25) is 0 Å². The Bertz CT molecular complexity index is 860. The molecular weight excluding hydrogens is 330 g/mol. The summed E-state index contributed by atoms with van der Waals surface area (Å²) in [7, 11) is 4.12. The molecule has 0 saturated heterocycles. The van der Waals surface area contributed by atoms with Crippen molar-refractivity contribution in [3.8, 4) is 29.0 Å². The largest absolute Gasteiger partial charge is 0.508 e. The van der Waals surface area contributed by atoms with Gasteiger partial charge in [-0.15, -0.1) is 0 Å². The Morgan fingerprint density at radius 2 is 2.00 bits per heavy atom. The van der Waals surface area contributed by atoms with Crippen LogP contribution in [-0.2, 0) is 0 Å². The van der Waals surface area contributed by atoms with Crippen molar-refractivity contribution in [2.24, 2.45) is 0 Å². The van der Waals surface area contributed by atoms with Gasteiger partial charge in [-0.2, -0.15) is 5.26 Å². The summed E-state index contributed by atoms with van der Waals surface area (Å²) in [5.41, 5.74) is 7.26. The van der Waals surface area contributed by atoms with E-state index in [1.165, 1.54) is 18.2 Å². The Hall–Kier alpha value is -2.85. The second-order valence-electron chi connectivity index (χ2n) is 6.99. The van der Waals surface area contributed by atoms with Crippen molar-refractivity contribution in [1.29, 1.82) is 5.26 Å². The zero-order chi connectivity index (χ0) is 18.8. The van der Waals surface area contributed by atoms with Crippen LogP contribution in [0.3, 0.4) is 0 Å². The second-order valence-corrected chi connectivity index (χ2v) is 6.99. The van der Waals surface area contributed by atoms with E-state index in [2.05, 4.69) is 35.0 Å². The van der Waals surface area contributed by atoms with Crippen LogP contribution in [0, 0.1) is 11.3 Å². The molecule has 1 saturated carbocycles. The number of phenols is 2. The molecule has 3 rings (SSSR count). The number of benzene rings is 1. The molecule has 1 aromatic heterocycles. The maximum Gasteiger partial charge on any atom is 0.165 e. The van der Waals surface area contributed by atoms with Crippen LogP contribution < -0.4 is 5.73 Å². The predicted octanol–water partition coefficient (Wildman–Crippen LogP) is 2.60. The summed E-state index contributed by atoms with van der Waals surface area (Å²) < 4.78 is 0. The lowest BCUT2D eigenvalue weighted by molar-refractivity contribution is 0.211. The van der Waals surface area contributed by atoms with E-state index < -0.39 is 0 Å². The number of nitriles is 1. The average molecular weight is 353 g/mol. The molecule has 2 unspecified atom stereocenters. The Labute approximate surface area is 152 Å². The molecule has 2 aromatic rings. The van der Waals surface area contributed by atoms with Crippen molar-refractivity contribution in [3.63, 3.8) is 0 Å². The van der Waals surface area contributed by atoms with E-state index in [0.29, 0.717) is 22.9 Å². The Kier molecular flexibility index (Phi) is 4.96. The molecule has 2 atom stereocenters. The first-order valence-corrected chi connectivity index (χ1v) is 8.67. The number of phenolic OH excluding ortho intramolecular Hbond substituents is 2. The molecule has 4 N–H and O–H groups in total. The van der Waals surface area contributed by atoms with E-state index in [9.17, 15) is 15.5 Å². The van der Waals surface area contributed by atoms with Gasteiger partial charge in [0, 0.05) is 12.0 Å². The number of hydrogen-bond donors (Lipinski definition) is 3. The minimum absolute atomic E-state index is 0.00350. The quantitative estimate of drug-likeness (QED) is 0.725. The van der Waals surface area contributed by atoms with Gasteiger partial charge in [0.1, 0.15) is 28.9 Å². The third-order valence-electron chi connectivity index (χ3n) is 5.06. The number of rotatable bonds is 3. The van der Waals surface area contributed by atoms with E-state index in [-0.39, 0.29) is 29.1 Å². The van der Waals surface area contributed by atoms with Gasteiger partial charge >= 0.3 is 0 Å². The summed E-state index contributed by atoms with van der Waals surface area (Å²) in [5.74, 6) is 0.372. The van der Waals surface area contributed by atoms with Crippen molar-refractivity contribution in [2.75, 3.05) is 19.8 Å². The molecule has 1 aliphatic carbocycles. The first-order valence-electron chi connectivity index (χ1n) is 8.67. The van der Waals surface area contributed by atoms with Crippen LogP contribution in [0.1, 0.15) is 42.9 Å². The number of aromatic hydroxyl groups is 2. The molecule has 1 aliphatic rings. The van der Waals surface area contributed by atoms with Gasteiger partial charge in [0.15, 0.2) is 5.82 Å². The molecule has 136 valence electrons. The van der Waals surface area contributed by atoms with E-state index >= 15 is 0 Å². The number of nitrogens with zero attached hydrogens (tertiary/aromatic N) is 4. The Balaban J connectivity index is 2.08. The maximum atomic E-state index is 10.1.